The van der Waals surface area contributed by atoms with E-state index in [-0.39, 0.29) is 0 Å². The summed E-state index contributed by atoms with van der Waals surface area (Å²) < 4.78 is 0. The van der Waals surface area contributed by atoms with Gasteiger partial charge in [-0.15, -0.1) is 0 Å². The second-order valence-corrected chi connectivity index (χ2v) is 7.69. The van der Waals surface area contributed by atoms with Crippen molar-refractivity contribution in [3.05, 3.63) is 0 Å². The first-order valence-corrected chi connectivity index (χ1v) is 9.08. The minimum atomic E-state index is 0.786. The highest BCUT2D eigenvalue weighted by molar-refractivity contribution is 4.80. The molecule has 2 fully saturated rings. The van der Waals surface area contributed by atoms with Crippen molar-refractivity contribution in [1.82, 2.24) is 10.2 Å². The Hall–Kier alpha value is -0.0800. The third-order valence-corrected chi connectivity index (χ3v) is 5.50. The third kappa shape index (κ3) is 5.37. The Bertz CT molecular complexity index is 250. The lowest BCUT2D eigenvalue weighted by Crippen LogP contribution is -2.39. The van der Waals surface area contributed by atoms with Crippen LogP contribution in [0.3, 0.4) is 0 Å². The summed E-state index contributed by atoms with van der Waals surface area (Å²) in [6, 6.07) is 1.66. The maximum absolute atomic E-state index is 3.81. The molecule has 0 bridgehead atoms. The van der Waals surface area contributed by atoms with E-state index < -0.39 is 0 Å². The van der Waals surface area contributed by atoms with Crippen molar-refractivity contribution in [3.8, 4) is 0 Å². The standard InChI is InChI=1S/C18H36N2/c1-15-12-16(2)14-17(13-15)19-10-7-11-20(3)18-8-5-4-6-9-18/h15-19H,4-14H2,1-3H3. The number of hydrogen-bond donors (Lipinski definition) is 1. The first-order valence-electron chi connectivity index (χ1n) is 9.08. The van der Waals surface area contributed by atoms with Gasteiger partial charge in [0.15, 0.2) is 0 Å². The zero-order chi connectivity index (χ0) is 14.4. The molecule has 0 saturated heterocycles. The van der Waals surface area contributed by atoms with E-state index in [0.29, 0.717) is 0 Å². The van der Waals surface area contributed by atoms with Gasteiger partial charge in [0.2, 0.25) is 0 Å². The summed E-state index contributed by atoms with van der Waals surface area (Å²) in [7, 11) is 2.33. The fourth-order valence-corrected chi connectivity index (χ4v) is 4.45. The van der Waals surface area contributed by atoms with E-state index in [4.69, 9.17) is 0 Å². The van der Waals surface area contributed by atoms with Gasteiger partial charge in [-0.2, -0.15) is 0 Å². The molecular weight excluding hydrogens is 244 g/mol. The monoisotopic (exact) mass is 280 g/mol. The zero-order valence-electron chi connectivity index (χ0n) is 14.0. The molecule has 2 unspecified atom stereocenters. The van der Waals surface area contributed by atoms with Crippen molar-refractivity contribution in [1.29, 1.82) is 0 Å². The molecule has 0 spiro atoms. The molecule has 0 amide bonds. The molecule has 0 aromatic heterocycles. The quantitative estimate of drug-likeness (QED) is 0.738. The maximum atomic E-state index is 3.81. The average molecular weight is 280 g/mol. The van der Waals surface area contributed by atoms with Crippen LogP contribution >= 0.6 is 0 Å². The number of nitrogens with zero attached hydrogens (tertiary/aromatic N) is 1. The molecule has 2 atom stereocenters. The minimum absolute atomic E-state index is 0.786. The van der Waals surface area contributed by atoms with Crippen molar-refractivity contribution in [2.45, 2.75) is 83.7 Å². The van der Waals surface area contributed by atoms with Crippen molar-refractivity contribution in [2.75, 3.05) is 20.1 Å². The van der Waals surface area contributed by atoms with Gasteiger partial charge in [0, 0.05) is 12.1 Å². The maximum Gasteiger partial charge on any atom is 0.00922 e. The van der Waals surface area contributed by atoms with Crippen LogP contribution in [0.2, 0.25) is 0 Å². The molecule has 2 saturated carbocycles. The van der Waals surface area contributed by atoms with E-state index in [1.165, 1.54) is 70.9 Å². The molecule has 118 valence electrons. The van der Waals surface area contributed by atoms with Gasteiger partial charge in [0.1, 0.15) is 0 Å². The Morgan fingerprint density at radius 2 is 1.60 bits per heavy atom. The topological polar surface area (TPSA) is 15.3 Å². The van der Waals surface area contributed by atoms with E-state index in [9.17, 15) is 0 Å². The largest absolute Gasteiger partial charge is 0.314 e. The van der Waals surface area contributed by atoms with Crippen LogP contribution in [0.15, 0.2) is 0 Å². The van der Waals surface area contributed by atoms with Crippen LogP contribution in [0.5, 0.6) is 0 Å². The zero-order valence-corrected chi connectivity index (χ0v) is 14.0. The van der Waals surface area contributed by atoms with Crippen LogP contribution in [0.4, 0.5) is 0 Å². The van der Waals surface area contributed by atoms with Gasteiger partial charge in [-0.1, -0.05) is 33.1 Å². The second-order valence-electron chi connectivity index (χ2n) is 7.69. The van der Waals surface area contributed by atoms with E-state index in [1.807, 2.05) is 0 Å². The Balaban J connectivity index is 1.56. The molecule has 1 N–H and O–H groups in total. The van der Waals surface area contributed by atoms with Gasteiger partial charge in [-0.3, -0.25) is 0 Å². The molecule has 0 aromatic rings. The Morgan fingerprint density at radius 3 is 2.25 bits per heavy atom. The van der Waals surface area contributed by atoms with Gasteiger partial charge in [0.25, 0.3) is 0 Å². The predicted octanol–water partition coefficient (Wildman–Crippen LogP) is 4.06. The lowest BCUT2D eigenvalue weighted by Gasteiger charge is -2.33. The summed E-state index contributed by atoms with van der Waals surface area (Å²) >= 11 is 0. The summed E-state index contributed by atoms with van der Waals surface area (Å²) in [5.74, 6) is 1.84. The molecule has 0 aliphatic heterocycles. The molecule has 2 aliphatic rings. The van der Waals surface area contributed by atoms with Crippen molar-refractivity contribution < 1.29 is 0 Å². The Morgan fingerprint density at radius 1 is 0.950 bits per heavy atom. The Kier molecular flexibility index (Phi) is 6.83. The van der Waals surface area contributed by atoms with Crippen molar-refractivity contribution in [3.63, 3.8) is 0 Å². The van der Waals surface area contributed by atoms with Gasteiger partial charge < -0.3 is 10.2 Å². The van der Waals surface area contributed by atoms with Gasteiger partial charge in [-0.05, 0) is 70.5 Å². The van der Waals surface area contributed by atoms with Crippen LogP contribution in [0.25, 0.3) is 0 Å². The summed E-state index contributed by atoms with van der Waals surface area (Å²) in [5.41, 5.74) is 0. The SMILES string of the molecule is CC1CC(C)CC(NCCCN(C)C2CCCCC2)C1. The molecule has 0 heterocycles. The number of hydrogen-bond acceptors (Lipinski definition) is 2. The third-order valence-electron chi connectivity index (χ3n) is 5.50. The highest BCUT2D eigenvalue weighted by Crippen LogP contribution is 2.28. The average Bonchev–Trinajstić information content (AvgIpc) is 2.43. The number of nitrogens with one attached hydrogen (secondary N) is 1. The first kappa shape index (κ1) is 16.3. The summed E-state index contributed by atoms with van der Waals surface area (Å²) in [5, 5.41) is 3.81. The Labute approximate surface area is 126 Å². The second kappa shape index (κ2) is 8.38. The molecule has 0 aromatic carbocycles. The van der Waals surface area contributed by atoms with Crippen molar-refractivity contribution in [2.24, 2.45) is 11.8 Å². The van der Waals surface area contributed by atoms with Crippen LogP contribution in [-0.4, -0.2) is 37.1 Å². The van der Waals surface area contributed by atoms with Gasteiger partial charge in [0.05, 0.1) is 0 Å². The van der Waals surface area contributed by atoms with Crippen molar-refractivity contribution >= 4 is 0 Å². The van der Waals surface area contributed by atoms with Crippen LogP contribution in [-0.2, 0) is 0 Å². The van der Waals surface area contributed by atoms with Crippen LogP contribution in [0, 0.1) is 11.8 Å². The molecule has 0 radical (unpaired) electrons. The van der Waals surface area contributed by atoms with Gasteiger partial charge >= 0.3 is 0 Å². The van der Waals surface area contributed by atoms with Crippen LogP contribution in [0.1, 0.15) is 71.6 Å². The summed E-state index contributed by atoms with van der Waals surface area (Å²) in [6.07, 6.45) is 12.8. The molecule has 2 rings (SSSR count). The summed E-state index contributed by atoms with van der Waals surface area (Å²) in [4.78, 5) is 2.62. The van der Waals surface area contributed by atoms with E-state index >= 15 is 0 Å². The molecule has 2 nitrogen and oxygen atoms in total. The number of rotatable bonds is 6. The normalized spacial score (nSPS) is 32.7. The van der Waals surface area contributed by atoms with E-state index in [2.05, 4.69) is 31.1 Å². The van der Waals surface area contributed by atoms with E-state index in [1.54, 1.807) is 0 Å². The molecule has 2 heteroatoms. The highest BCUT2D eigenvalue weighted by Gasteiger charge is 2.23. The predicted molar refractivity (Wildman–Crippen MR) is 88.1 cm³/mol. The highest BCUT2D eigenvalue weighted by atomic mass is 15.1. The summed E-state index contributed by atoms with van der Waals surface area (Å²) in [6.45, 7) is 7.32. The lowest BCUT2D eigenvalue weighted by atomic mass is 9.80. The molecule has 2 aliphatic carbocycles. The van der Waals surface area contributed by atoms with Crippen LogP contribution < -0.4 is 5.32 Å². The van der Waals surface area contributed by atoms with E-state index in [0.717, 1.165) is 23.9 Å². The lowest BCUT2D eigenvalue weighted by molar-refractivity contribution is 0.186. The minimum Gasteiger partial charge on any atom is -0.314 e. The van der Waals surface area contributed by atoms with Gasteiger partial charge in [-0.25, -0.2) is 0 Å². The molecular formula is C18H36N2. The fourth-order valence-electron chi connectivity index (χ4n) is 4.45. The first-order chi connectivity index (χ1) is 9.65. The smallest absolute Gasteiger partial charge is 0.00922 e. The molecule has 20 heavy (non-hydrogen) atoms. The fraction of sp³-hybridized carbons (Fsp3) is 1.00.